The molecule has 2 atom stereocenters. The normalized spacial score (nSPS) is 20.5. The Morgan fingerprint density at radius 3 is 2.55 bits per heavy atom. The van der Waals surface area contributed by atoms with Crippen molar-refractivity contribution in [3.8, 4) is 11.6 Å². The van der Waals surface area contributed by atoms with Crippen LogP contribution in [0.25, 0.3) is 0 Å². The number of hydrogen-bond acceptors (Lipinski definition) is 5. The fourth-order valence-electron chi connectivity index (χ4n) is 4.80. The van der Waals surface area contributed by atoms with Crippen molar-refractivity contribution in [1.29, 1.82) is 0 Å². The van der Waals surface area contributed by atoms with E-state index < -0.39 is 0 Å². The van der Waals surface area contributed by atoms with Gasteiger partial charge in [0.05, 0.1) is 26.3 Å². The molecular weight excluding hydrogens is 392 g/mol. The topological polar surface area (TPSA) is 59.8 Å². The molecule has 1 fully saturated rings. The molecule has 4 heterocycles. The number of pyridine rings is 1. The highest BCUT2D eigenvalue weighted by molar-refractivity contribution is 5.94. The van der Waals surface area contributed by atoms with Gasteiger partial charge in [0.15, 0.2) is 0 Å². The summed E-state index contributed by atoms with van der Waals surface area (Å²) in [6.07, 6.45) is 3.78. The maximum atomic E-state index is 13.3. The summed E-state index contributed by atoms with van der Waals surface area (Å²) in [5.41, 5.74) is 2.92. The fraction of sp³-hybridized carbons (Fsp3) is 0.333. The number of nitrogens with zero attached hydrogens (tertiary/aromatic N) is 4. The van der Waals surface area contributed by atoms with Gasteiger partial charge in [-0.1, -0.05) is 18.2 Å². The largest absolute Gasteiger partial charge is 0.497 e. The van der Waals surface area contributed by atoms with Gasteiger partial charge >= 0.3 is 0 Å². The van der Waals surface area contributed by atoms with E-state index in [4.69, 9.17) is 9.47 Å². The fourth-order valence-corrected chi connectivity index (χ4v) is 4.80. The predicted octanol–water partition coefficient (Wildman–Crippen LogP) is 2.98. The molecule has 0 aliphatic carbocycles. The summed E-state index contributed by atoms with van der Waals surface area (Å²) < 4.78 is 12.9. The molecule has 2 aromatic heterocycles. The van der Waals surface area contributed by atoms with E-state index in [9.17, 15) is 4.79 Å². The lowest BCUT2D eigenvalue weighted by molar-refractivity contribution is 0.0556. The van der Waals surface area contributed by atoms with Gasteiger partial charge < -0.3 is 18.9 Å². The molecule has 0 spiro atoms. The Kier molecular flexibility index (Phi) is 5.11. The number of fused-ring (bicyclic) bond motifs is 3. The standard InChI is InChI=1S/C24H26N4O3/c1-30-19-9-7-17(8-10-19)13-28-22-16-26(14-18-5-3-11-25-23(18)31-2)15-21(22)27-12-4-6-20(27)24(28)29/h3-12,21-22H,13-16H2,1-2H3/t21-,22+/m1/s1. The lowest BCUT2D eigenvalue weighted by atomic mass is 10.0. The second kappa shape index (κ2) is 8.07. The second-order valence-electron chi connectivity index (χ2n) is 8.08. The van der Waals surface area contributed by atoms with Crippen LogP contribution in [-0.4, -0.2) is 58.6 Å². The first-order valence-electron chi connectivity index (χ1n) is 10.5. The Morgan fingerprint density at radius 2 is 1.77 bits per heavy atom. The minimum Gasteiger partial charge on any atom is -0.497 e. The van der Waals surface area contributed by atoms with Crippen LogP contribution >= 0.6 is 0 Å². The number of aromatic nitrogens is 2. The molecule has 31 heavy (non-hydrogen) atoms. The SMILES string of the molecule is COc1ccc(CN2C(=O)c3cccn3[C@@H]3CN(Cc4cccnc4OC)C[C@@H]32)cc1. The first-order valence-corrected chi connectivity index (χ1v) is 10.5. The van der Waals surface area contributed by atoms with Crippen molar-refractivity contribution in [1.82, 2.24) is 19.4 Å². The van der Waals surface area contributed by atoms with Crippen LogP contribution in [0.4, 0.5) is 0 Å². The first kappa shape index (κ1) is 19.6. The minimum atomic E-state index is 0.0860. The molecule has 0 unspecified atom stereocenters. The number of carbonyl (C=O) groups is 1. The van der Waals surface area contributed by atoms with Crippen molar-refractivity contribution in [2.45, 2.75) is 25.2 Å². The van der Waals surface area contributed by atoms with E-state index in [0.29, 0.717) is 12.4 Å². The first-order chi connectivity index (χ1) is 15.2. The zero-order chi connectivity index (χ0) is 21.4. The van der Waals surface area contributed by atoms with Crippen LogP contribution in [0.15, 0.2) is 60.9 Å². The molecule has 1 aromatic carbocycles. The zero-order valence-corrected chi connectivity index (χ0v) is 17.8. The van der Waals surface area contributed by atoms with E-state index in [-0.39, 0.29) is 18.0 Å². The molecule has 0 saturated carbocycles. The third kappa shape index (κ3) is 3.55. The van der Waals surface area contributed by atoms with Crippen LogP contribution in [0.1, 0.15) is 27.7 Å². The quantitative estimate of drug-likeness (QED) is 0.616. The molecule has 5 rings (SSSR count). The maximum Gasteiger partial charge on any atom is 0.271 e. The van der Waals surface area contributed by atoms with Crippen molar-refractivity contribution in [2.75, 3.05) is 27.3 Å². The van der Waals surface area contributed by atoms with Crippen molar-refractivity contribution >= 4 is 5.91 Å². The Bertz CT molecular complexity index is 1080. The minimum absolute atomic E-state index is 0.0860. The van der Waals surface area contributed by atoms with E-state index >= 15 is 0 Å². The third-order valence-electron chi connectivity index (χ3n) is 6.30. The molecule has 0 radical (unpaired) electrons. The lowest BCUT2D eigenvalue weighted by Crippen LogP contribution is -2.49. The number of carbonyl (C=O) groups excluding carboxylic acids is 1. The summed E-state index contributed by atoms with van der Waals surface area (Å²) in [7, 11) is 3.31. The number of amides is 1. The molecule has 7 nitrogen and oxygen atoms in total. The van der Waals surface area contributed by atoms with E-state index in [1.54, 1.807) is 20.4 Å². The molecule has 0 bridgehead atoms. The highest BCUT2D eigenvalue weighted by Crippen LogP contribution is 2.35. The lowest BCUT2D eigenvalue weighted by Gasteiger charge is -2.38. The number of hydrogen-bond donors (Lipinski definition) is 0. The molecule has 1 saturated heterocycles. The molecule has 160 valence electrons. The van der Waals surface area contributed by atoms with Crippen LogP contribution in [0, 0.1) is 0 Å². The van der Waals surface area contributed by atoms with Crippen LogP contribution in [0.2, 0.25) is 0 Å². The van der Waals surface area contributed by atoms with Gasteiger partial charge in [0.1, 0.15) is 11.4 Å². The predicted molar refractivity (Wildman–Crippen MR) is 116 cm³/mol. The van der Waals surface area contributed by atoms with Gasteiger partial charge in [-0.15, -0.1) is 0 Å². The van der Waals surface area contributed by atoms with E-state index in [0.717, 1.165) is 42.2 Å². The molecule has 1 amide bonds. The Hall–Kier alpha value is -3.32. The van der Waals surface area contributed by atoms with Crippen LogP contribution < -0.4 is 9.47 Å². The van der Waals surface area contributed by atoms with E-state index in [1.807, 2.05) is 53.6 Å². The number of ether oxygens (including phenoxy) is 2. The molecule has 3 aromatic rings. The maximum absolute atomic E-state index is 13.3. The van der Waals surface area contributed by atoms with Gasteiger partial charge in [-0.2, -0.15) is 0 Å². The summed E-state index contributed by atoms with van der Waals surface area (Å²) in [5.74, 6) is 1.56. The zero-order valence-electron chi connectivity index (χ0n) is 17.8. The molecule has 0 N–H and O–H groups in total. The highest BCUT2D eigenvalue weighted by atomic mass is 16.5. The molecule has 2 aliphatic heterocycles. The van der Waals surface area contributed by atoms with Gasteiger partial charge in [-0.05, 0) is 35.9 Å². The summed E-state index contributed by atoms with van der Waals surface area (Å²) in [5, 5.41) is 0. The molecule has 7 heteroatoms. The average molecular weight is 418 g/mol. The van der Waals surface area contributed by atoms with Gasteiger partial charge in [-0.25, -0.2) is 4.98 Å². The smallest absolute Gasteiger partial charge is 0.271 e. The van der Waals surface area contributed by atoms with Gasteiger partial charge in [0, 0.05) is 44.1 Å². The van der Waals surface area contributed by atoms with Gasteiger partial charge in [0.25, 0.3) is 5.91 Å². The summed E-state index contributed by atoms with van der Waals surface area (Å²) in [6.45, 7) is 3.00. The second-order valence-corrected chi connectivity index (χ2v) is 8.08. The molecule has 2 aliphatic rings. The van der Waals surface area contributed by atoms with E-state index in [2.05, 4.69) is 20.5 Å². The van der Waals surface area contributed by atoms with Crippen molar-refractivity contribution < 1.29 is 14.3 Å². The number of likely N-dealkylation sites (tertiary alicyclic amines) is 1. The number of rotatable bonds is 6. The Morgan fingerprint density at radius 1 is 0.968 bits per heavy atom. The summed E-state index contributed by atoms with van der Waals surface area (Å²) in [6, 6.07) is 16.2. The average Bonchev–Trinajstić information content (AvgIpc) is 3.45. The molecular formula is C24H26N4O3. The van der Waals surface area contributed by atoms with Crippen molar-refractivity contribution in [3.05, 3.63) is 77.7 Å². The summed E-state index contributed by atoms with van der Waals surface area (Å²) >= 11 is 0. The van der Waals surface area contributed by atoms with Gasteiger partial charge in [0.2, 0.25) is 5.88 Å². The third-order valence-corrected chi connectivity index (χ3v) is 6.30. The Labute approximate surface area is 181 Å². The van der Waals surface area contributed by atoms with Gasteiger partial charge in [-0.3, -0.25) is 9.69 Å². The monoisotopic (exact) mass is 418 g/mol. The highest BCUT2D eigenvalue weighted by Gasteiger charge is 2.44. The van der Waals surface area contributed by atoms with Crippen molar-refractivity contribution in [2.24, 2.45) is 0 Å². The van der Waals surface area contributed by atoms with Crippen LogP contribution in [0.5, 0.6) is 11.6 Å². The van der Waals surface area contributed by atoms with Crippen molar-refractivity contribution in [3.63, 3.8) is 0 Å². The van der Waals surface area contributed by atoms with Crippen LogP contribution in [-0.2, 0) is 13.1 Å². The van der Waals surface area contributed by atoms with Crippen LogP contribution in [0.3, 0.4) is 0 Å². The Balaban J connectivity index is 1.41. The number of methoxy groups -OCH3 is 2. The number of benzene rings is 1. The van der Waals surface area contributed by atoms with E-state index in [1.165, 1.54) is 0 Å². The summed E-state index contributed by atoms with van der Waals surface area (Å²) in [4.78, 5) is 22.1.